The summed E-state index contributed by atoms with van der Waals surface area (Å²) in [4.78, 5) is 4.07. The molecule has 0 spiro atoms. The second-order valence-electron chi connectivity index (χ2n) is 3.93. The minimum atomic E-state index is -0.231. The molecule has 0 aliphatic heterocycles. The van der Waals surface area contributed by atoms with Crippen LogP contribution in [0.15, 0.2) is 27.7 Å². The summed E-state index contributed by atoms with van der Waals surface area (Å²) in [5, 5.41) is 6.20. The van der Waals surface area contributed by atoms with Crippen molar-refractivity contribution in [3.8, 4) is 0 Å². The minimum absolute atomic E-state index is 0.231. The Bertz CT molecular complexity index is 426. The van der Waals surface area contributed by atoms with Gasteiger partial charge in [0.25, 0.3) is 0 Å². The van der Waals surface area contributed by atoms with Gasteiger partial charge < -0.3 is 15.4 Å². The van der Waals surface area contributed by atoms with E-state index in [2.05, 4.69) is 31.6 Å². The van der Waals surface area contributed by atoms with Crippen molar-refractivity contribution in [2.45, 2.75) is 13.0 Å². The molecular weight excluding hydrogens is 313 g/mol. The van der Waals surface area contributed by atoms with Crippen molar-refractivity contribution < 1.29 is 9.13 Å². The van der Waals surface area contributed by atoms with Crippen molar-refractivity contribution in [3.63, 3.8) is 0 Å². The van der Waals surface area contributed by atoms with Crippen LogP contribution in [0, 0.1) is 5.82 Å². The predicted molar refractivity (Wildman–Crippen MR) is 78.8 cm³/mol. The Balaban J connectivity index is 2.42. The zero-order valence-corrected chi connectivity index (χ0v) is 12.8. The minimum Gasteiger partial charge on any atom is -0.385 e. The Kier molecular flexibility index (Phi) is 7.43. The third-order valence-corrected chi connectivity index (χ3v) is 2.99. The van der Waals surface area contributed by atoms with Crippen molar-refractivity contribution in [2.24, 2.45) is 4.99 Å². The summed E-state index contributed by atoms with van der Waals surface area (Å²) in [5.74, 6) is 0.418. The third kappa shape index (κ3) is 6.02. The SMILES string of the molecule is CN=C(NCCCOC)NCc1cc(Br)ccc1F. The molecule has 0 radical (unpaired) electrons. The Hall–Kier alpha value is -1.14. The van der Waals surface area contributed by atoms with Crippen LogP contribution in [0.3, 0.4) is 0 Å². The number of halogens is 2. The molecule has 4 nitrogen and oxygen atoms in total. The fourth-order valence-corrected chi connectivity index (χ4v) is 1.91. The van der Waals surface area contributed by atoms with Gasteiger partial charge >= 0.3 is 0 Å². The molecule has 0 aliphatic carbocycles. The number of methoxy groups -OCH3 is 1. The molecule has 2 N–H and O–H groups in total. The fraction of sp³-hybridized carbons (Fsp3) is 0.462. The zero-order valence-electron chi connectivity index (χ0n) is 11.2. The highest BCUT2D eigenvalue weighted by Gasteiger charge is 2.04. The molecule has 1 aromatic carbocycles. The van der Waals surface area contributed by atoms with Gasteiger partial charge in [0.1, 0.15) is 5.82 Å². The summed E-state index contributed by atoms with van der Waals surface area (Å²) >= 11 is 3.33. The maximum Gasteiger partial charge on any atom is 0.191 e. The molecule has 0 aromatic heterocycles. The molecule has 1 rings (SSSR count). The van der Waals surface area contributed by atoms with Crippen molar-refractivity contribution in [2.75, 3.05) is 27.3 Å². The molecule has 6 heteroatoms. The van der Waals surface area contributed by atoms with Gasteiger partial charge in [0, 0.05) is 43.9 Å². The largest absolute Gasteiger partial charge is 0.385 e. The number of ether oxygens (including phenoxy) is 1. The van der Waals surface area contributed by atoms with Gasteiger partial charge in [-0.05, 0) is 24.6 Å². The number of guanidine groups is 1. The lowest BCUT2D eigenvalue weighted by atomic mass is 10.2. The maximum absolute atomic E-state index is 13.5. The van der Waals surface area contributed by atoms with E-state index >= 15 is 0 Å². The molecular formula is C13H19BrFN3O. The summed E-state index contributed by atoms with van der Waals surface area (Å²) in [6.07, 6.45) is 0.891. The summed E-state index contributed by atoms with van der Waals surface area (Å²) in [6.45, 7) is 1.84. The molecule has 0 heterocycles. The Labute approximate surface area is 121 Å². The van der Waals surface area contributed by atoms with Crippen molar-refractivity contribution >= 4 is 21.9 Å². The molecule has 1 aromatic rings. The average molecular weight is 332 g/mol. The quantitative estimate of drug-likeness (QED) is 0.477. The summed E-state index contributed by atoms with van der Waals surface area (Å²) in [7, 11) is 3.35. The van der Waals surface area contributed by atoms with Crippen molar-refractivity contribution in [3.05, 3.63) is 34.1 Å². The first-order chi connectivity index (χ1) is 9.17. The normalized spacial score (nSPS) is 11.5. The lowest BCUT2D eigenvalue weighted by Crippen LogP contribution is -2.37. The monoisotopic (exact) mass is 331 g/mol. The highest BCUT2D eigenvalue weighted by Crippen LogP contribution is 2.15. The first-order valence-corrected chi connectivity index (χ1v) is 6.84. The second kappa shape index (κ2) is 8.87. The first-order valence-electron chi connectivity index (χ1n) is 6.04. The highest BCUT2D eigenvalue weighted by molar-refractivity contribution is 9.10. The number of nitrogens with one attached hydrogen (secondary N) is 2. The van der Waals surface area contributed by atoms with E-state index in [1.165, 1.54) is 6.07 Å². The van der Waals surface area contributed by atoms with Gasteiger partial charge in [0.05, 0.1) is 0 Å². The van der Waals surface area contributed by atoms with Gasteiger partial charge in [-0.1, -0.05) is 15.9 Å². The molecule has 0 amide bonds. The first kappa shape index (κ1) is 15.9. The smallest absolute Gasteiger partial charge is 0.191 e. The van der Waals surface area contributed by atoms with Crippen molar-refractivity contribution in [1.82, 2.24) is 10.6 Å². The zero-order chi connectivity index (χ0) is 14.1. The van der Waals surface area contributed by atoms with E-state index in [0.717, 1.165) is 17.4 Å². The summed E-state index contributed by atoms with van der Waals surface area (Å²) in [5.41, 5.74) is 0.592. The van der Waals surface area contributed by atoms with E-state index in [0.29, 0.717) is 24.7 Å². The standard InChI is InChI=1S/C13H19BrFN3O/c1-16-13(17-6-3-7-19-2)18-9-10-8-11(14)4-5-12(10)15/h4-5,8H,3,6-7,9H2,1-2H3,(H2,16,17,18). The summed E-state index contributed by atoms with van der Waals surface area (Å²) in [6, 6.07) is 4.87. The molecule has 0 saturated heterocycles. The number of hydrogen-bond donors (Lipinski definition) is 2. The van der Waals surface area contributed by atoms with E-state index in [1.807, 2.05) is 0 Å². The predicted octanol–water partition coefficient (Wildman–Crippen LogP) is 2.29. The van der Waals surface area contributed by atoms with E-state index in [1.54, 1.807) is 26.3 Å². The lowest BCUT2D eigenvalue weighted by Gasteiger charge is -2.12. The molecule has 0 unspecified atom stereocenters. The molecule has 0 bridgehead atoms. The van der Waals surface area contributed by atoms with Crippen LogP contribution in [0.2, 0.25) is 0 Å². The summed E-state index contributed by atoms with van der Waals surface area (Å²) < 4.78 is 19.4. The maximum atomic E-state index is 13.5. The molecule has 0 atom stereocenters. The molecule has 0 aliphatic rings. The topological polar surface area (TPSA) is 45.7 Å². The van der Waals surface area contributed by atoms with E-state index in [4.69, 9.17) is 4.74 Å². The average Bonchev–Trinajstić information content (AvgIpc) is 2.41. The van der Waals surface area contributed by atoms with E-state index < -0.39 is 0 Å². The molecule has 19 heavy (non-hydrogen) atoms. The van der Waals surface area contributed by atoms with Crippen LogP contribution < -0.4 is 10.6 Å². The van der Waals surface area contributed by atoms with E-state index in [-0.39, 0.29) is 5.82 Å². The van der Waals surface area contributed by atoms with Gasteiger partial charge in [-0.15, -0.1) is 0 Å². The van der Waals surface area contributed by atoms with Gasteiger partial charge in [0.2, 0.25) is 0 Å². The lowest BCUT2D eigenvalue weighted by molar-refractivity contribution is 0.195. The van der Waals surface area contributed by atoms with E-state index in [9.17, 15) is 4.39 Å². The van der Waals surface area contributed by atoms with Crippen molar-refractivity contribution in [1.29, 1.82) is 0 Å². The van der Waals surface area contributed by atoms with Crippen LogP contribution in [0.5, 0.6) is 0 Å². The number of rotatable bonds is 6. The Morgan fingerprint density at radius 3 is 2.89 bits per heavy atom. The number of hydrogen-bond acceptors (Lipinski definition) is 2. The van der Waals surface area contributed by atoms with Crippen LogP contribution in [0.4, 0.5) is 4.39 Å². The Morgan fingerprint density at radius 1 is 1.42 bits per heavy atom. The number of benzene rings is 1. The highest BCUT2D eigenvalue weighted by atomic mass is 79.9. The molecule has 0 fully saturated rings. The molecule has 106 valence electrons. The van der Waals surface area contributed by atoms with Gasteiger partial charge in [0.15, 0.2) is 5.96 Å². The van der Waals surface area contributed by atoms with Gasteiger partial charge in [-0.25, -0.2) is 4.39 Å². The number of aliphatic imine (C=N–C) groups is 1. The fourth-order valence-electron chi connectivity index (χ4n) is 1.50. The van der Waals surface area contributed by atoms with Crippen LogP contribution in [-0.2, 0) is 11.3 Å². The number of nitrogens with zero attached hydrogens (tertiary/aromatic N) is 1. The molecule has 0 saturated carbocycles. The Morgan fingerprint density at radius 2 is 2.21 bits per heavy atom. The van der Waals surface area contributed by atoms with Crippen LogP contribution >= 0.6 is 15.9 Å². The van der Waals surface area contributed by atoms with Gasteiger partial charge in [-0.2, -0.15) is 0 Å². The van der Waals surface area contributed by atoms with Crippen LogP contribution in [0.25, 0.3) is 0 Å². The van der Waals surface area contributed by atoms with Crippen LogP contribution in [-0.4, -0.2) is 33.3 Å². The van der Waals surface area contributed by atoms with Gasteiger partial charge in [-0.3, -0.25) is 4.99 Å². The third-order valence-electron chi connectivity index (χ3n) is 2.50. The second-order valence-corrected chi connectivity index (χ2v) is 4.85. The van der Waals surface area contributed by atoms with Crippen LogP contribution in [0.1, 0.15) is 12.0 Å².